The minimum absolute atomic E-state index is 0.0171. The molecule has 1 aliphatic heterocycles. The molecule has 0 spiro atoms. The van der Waals surface area contributed by atoms with Gasteiger partial charge in [-0.2, -0.15) is 0 Å². The zero-order chi connectivity index (χ0) is 12.6. The Bertz CT molecular complexity index is 362. The van der Waals surface area contributed by atoms with Crippen molar-refractivity contribution in [3.05, 3.63) is 0 Å². The Morgan fingerprint density at radius 2 is 2.24 bits per heavy atom. The number of carbonyl (C=O) groups is 2. The summed E-state index contributed by atoms with van der Waals surface area (Å²) >= 11 is 0. The summed E-state index contributed by atoms with van der Waals surface area (Å²) in [6, 6.07) is -0.429. The van der Waals surface area contributed by atoms with Crippen LogP contribution in [0, 0.1) is 5.41 Å². The average molecular weight is 238 g/mol. The van der Waals surface area contributed by atoms with Crippen molar-refractivity contribution in [3.8, 4) is 0 Å². The van der Waals surface area contributed by atoms with Crippen molar-refractivity contribution in [2.24, 2.45) is 0 Å². The molecule has 3 amide bonds. The first-order valence-corrected chi connectivity index (χ1v) is 5.96. The summed E-state index contributed by atoms with van der Waals surface area (Å²) in [5.74, 6) is 0.0408. The molecular formula is C11H18N4O2. The number of hydrogen-bond acceptors (Lipinski definition) is 3. The molecule has 0 radical (unpaired) electrons. The number of urea groups is 1. The van der Waals surface area contributed by atoms with Gasteiger partial charge in [0.1, 0.15) is 11.9 Å². The monoisotopic (exact) mass is 238 g/mol. The Balaban J connectivity index is 1.98. The van der Waals surface area contributed by atoms with Crippen molar-refractivity contribution in [1.29, 1.82) is 5.41 Å². The summed E-state index contributed by atoms with van der Waals surface area (Å²) in [6.07, 6.45) is 2.25. The van der Waals surface area contributed by atoms with Crippen molar-refractivity contribution in [1.82, 2.24) is 15.5 Å². The predicted molar refractivity (Wildman–Crippen MR) is 62.8 cm³/mol. The number of carbonyl (C=O) groups excluding carboxylic acids is 2. The van der Waals surface area contributed by atoms with Gasteiger partial charge in [0.05, 0.1) is 6.42 Å². The Morgan fingerprint density at radius 1 is 1.59 bits per heavy atom. The van der Waals surface area contributed by atoms with Gasteiger partial charge in [-0.1, -0.05) is 0 Å². The average Bonchev–Trinajstić information content (AvgIpc) is 2.94. The number of rotatable bonds is 4. The Hall–Kier alpha value is -1.59. The highest BCUT2D eigenvalue weighted by molar-refractivity contribution is 6.07. The molecule has 0 aromatic heterocycles. The Labute approximate surface area is 100 Å². The van der Waals surface area contributed by atoms with E-state index in [1.165, 1.54) is 0 Å². The molecule has 6 heteroatoms. The summed E-state index contributed by atoms with van der Waals surface area (Å²) in [7, 11) is 0. The molecule has 1 saturated heterocycles. The predicted octanol–water partition coefficient (Wildman–Crippen LogP) is 0.435. The third-order valence-corrected chi connectivity index (χ3v) is 3.02. The van der Waals surface area contributed by atoms with Crippen LogP contribution in [0.25, 0.3) is 0 Å². The number of hydrogen-bond donors (Lipinski definition) is 3. The molecule has 3 N–H and O–H groups in total. The second-order valence-electron chi connectivity index (χ2n) is 4.91. The van der Waals surface area contributed by atoms with Gasteiger partial charge >= 0.3 is 6.03 Å². The van der Waals surface area contributed by atoms with Crippen LogP contribution in [0.4, 0.5) is 4.79 Å². The molecule has 2 fully saturated rings. The lowest BCUT2D eigenvalue weighted by Crippen LogP contribution is -2.43. The topological polar surface area (TPSA) is 85.3 Å². The minimum atomic E-state index is -0.443. The number of amides is 3. The molecule has 94 valence electrons. The largest absolute Gasteiger partial charge is 0.353 e. The summed E-state index contributed by atoms with van der Waals surface area (Å²) in [5, 5.41) is 13.0. The molecule has 17 heavy (non-hydrogen) atoms. The van der Waals surface area contributed by atoms with Gasteiger partial charge < -0.3 is 10.2 Å². The number of nitrogens with one attached hydrogen (secondary N) is 3. The van der Waals surface area contributed by atoms with Crippen molar-refractivity contribution in [3.63, 3.8) is 0 Å². The van der Waals surface area contributed by atoms with E-state index in [0.717, 1.165) is 12.8 Å². The van der Waals surface area contributed by atoms with Crippen LogP contribution in [-0.4, -0.2) is 40.8 Å². The van der Waals surface area contributed by atoms with Gasteiger partial charge in [0.2, 0.25) is 5.91 Å². The lowest BCUT2D eigenvalue weighted by molar-refractivity contribution is -0.121. The summed E-state index contributed by atoms with van der Waals surface area (Å²) in [4.78, 5) is 24.8. The molecule has 6 nitrogen and oxygen atoms in total. The van der Waals surface area contributed by atoms with E-state index >= 15 is 0 Å². The SMILES string of the molecule is CC(C)N1C(=O)NC(=N)C1CC(=O)NC1CC1. The van der Waals surface area contributed by atoms with E-state index in [-0.39, 0.29) is 30.2 Å². The number of amidine groups is 1. The van der Waals surface area contributed by atoms with Crippen LogP contribution in [0.3, 0.4) is 0 Å². The highest BCUT2D eigenvalue weighted by atomic mass is 16.2. The number of nitrogens with zero attached hydrogens (tertiary/aromatic N) is 1. The fraction of sp³-hybridized carbons (Fsp3) is 0.727. The molecule has 2 rings (SSSR count). The molecule has 1 heterocycles. The van der Waals surface area contributed by atoms with Gasteiger partial charge in [-0.05, 0) is 26.7 Å². The zero-order valence-corrected chi connectivity index (χ0v) is 10.1. The van der Waals surface area contributed by atoms with Crippen molar-refractivity contribution in [2.45, 2.75) is 51.2 Å². The van der Waals surface area contributed by atoms with Crippen LogP contribution < -0.4 is 10.6 Å². The maximum Gasteiger partial charge on any atom is 0.323 e. The van der Waals surface area contributed by atoms with Crippen molar-refractivity contribution < 1.29 is 9.59 Å². The van der Waals surface area contributed by atoms with E-state index < -0.39 is 6.04 Å². The molecule has 1 aliphatic carbocycles. The molecule has 0 aromatic rings. The van der Waals surface area contributed by atoms with Crippen LogP contribution in [0.5, 0.6) is 0 Å². The molecule has 1 atom stereocenters. The highest BCUT2D eigenvalue weighted by Gasteiger charge is 2.39. The van der Waals surface area contributed by atoms with Gasteiger partial charge in [0.25, 0.3) is 0 Å². The molecular weight excluding hydrogens is 220 g/mol. The minimum Gasteiger partial charge on any atom is -0.353 e. The Kier molecular flexibility index (Phi) is 3.04. The van der Waals surface area contributed by atoms with Gasteiger partial charge in [-0.3, -0.25) is 15.5 Å². The molecule has 2 aliphatic rings. The fourth-order valence-electron chi connectivity index (χ4n) is 2.03. The van der Waals surface area contributed by atoms with E-state index in [1.54, 1.807) is 4.90 Å². The molecule has 0 bridgehead atoms. The first-order chi connectivity index (χ1) is 7.99. The van der Waals surface area contributed by atoms with Crippen LogP contribution in [0.1, 0.15) is 33.1 Å². The van der Waals surface area contributed by atoms with Gasteiger partial charge in [-0.25, -0.2) is 4.79 Å². The smallest absolute Gasteiger partial charge is 0.323 e. The lowest BCUT2D eigenvalue weighted by Gasteiger charge is -2.25. The van der Waals surface area contributed by atoms with Crippen LogP contribution >= 0.6 is 0 Å². The van der Waals surface area contributed by atoms with Crippen molar-refractivity contribution in [2.75, 3.05) is 0 Å². The zero-order valence-electron chi connectivity index (χ0n) is 10.1. The first kappa shape index (κ1) is 11.9. The van der Waals surface area contributed by atoms with Gasteiger partial charge in [0.15, 0.2) is 0 Å². The van der Waals surface area contributed by atoms with Gasteiger partial charge in [0, 0.05) is 12.1 Å². The Morgan fingerprint density at radius 3 is 2.76 bits per heavy atom. The standard InChI is InChI=1S/C11H18N4O2/c1-6(2)15-8(10(12)14-11(15)17)5-9(16)13-7-3-4-7/h6-8H,3-5H2,1-2H3,(H,13,16)(H2,12,14,17). The van der Waals surface area contributed by atoms with Crippen molar-refractivity contribution >= 4 is 17.8 Å². The highest BCUT2D eigenvalue weighted by Crippen LogP contribution is 2.20. The van der Waals surface area contributed by atoms with E-state index in [9.17, 15) is 9.59 Å². The quantitative estimate of drug-likeness (QED) is 0.663. The van der Waals surface area contributed by atoms with E-state index in [0.29, 0.717) is 6.04 Å². The lowest BCUT2D eigenvalue weighted by atomic mass is 10.1. The molecule has 0 aromatic carbocycles. The first-order valence-electron chi connectivity index (χ1n) is 5.96. The van der Waals surface area contributed by atoms with Crippen LogP contribution in [0.15, 0.2) is 0 Å². The summed E-state index contributed by atoms with van der Waals surface area (Å²) in [5.41, 5.74) is 0. The maximum absolute atomic E-state index is 11.7. The second kappa shape index (κ2) is 4.35. The van der Waals surface area contributed by atoms with E-state index in [1.807, 2.05) is 13.8 Å². The van der Waals surface area contributed by atoms with E-state index in [2.05, 4.69) is 10.6 Å². The molecule has 1 saturated carbocycles. The van der Waals surface area contributed by atoms with Crippen LogP contribution in [-0.2, 0) is 4.79 Å². The fourth-order valence-corrected chi connectivity index (χ4v) is 2.03. The summed E-state index contributed by atoms with van der Waals surface area (Å²) < 4.78 is 0. The molecule has 1 unspecified atom stereocenters. The third-order valence-electron chi connectivity index (χ3n) is 3.02. The van der Waals surface area contributed by atoms with Gasteiger partial charge in [-0.15, -0.1) is 0 Å². The van der Waals surface area contributed by atoms with E-state index in [4.69, 9.17) is 5.41 Å². The summed E-state index contributed by atoms with van der Waals surface area (Å²) in [6.45, 7) is 3.76. The maximum atomic E-state index is 11.7. The second-order valence-corrected chi connectivity index (χ2v) is 4.91. The van der Waals surface area contributed by atoms with Crippen LogP contribution in [0.2, 0.25) is 0 Å². The normalized spacial score (nSPS) is 24.2. The third kappa shape index (κ3) is 2.57.